The van der Waals surface area contributed by atoms with Crippen molar-refractivity contribution in [2.24, 2.45) is 0 Å². The van der Waals surface area contributed by atoms with Gasteiger partial charge in [-0.25, -0.2) is 12.7 Å². The van der Waals surface area contributed by atoms with Crippen LogP contribution < -0.4 is 5.32 Å². The van der Waals surface area contributed by atoms with E-state index < -0.39 is 21.9 Å². The lowest BCUT2D eigenvalue weighted by Gasteiger charge is -2.42. The minimum absolute atomic E-state index is 0.0221. The molecule has 1 heterocycles. The molecule has 0 bridgehead atoms. The van der Waals surface area contributed by atoms with E-state index in [1.54, 1.807) is 0 Å². The van der Waals surface area contributed by atoms with Crippen LogP contribution in [0.2, 0.25) is 0 Å². The van der Waals surface area contributed by atoms with Gasteiger partial charge in [-0.3, -0.25) is 14.5 Å². The molecule has 1 aliphatic rings. The largest absolute Gasteiger partial charge is 0.480 e. The monoisotopic (exact) mass is 373 g/mol. The normalized spacial score (nSPS) is 20.5. The van der Waals surface area contributed by atoms with Gasteiger partial charge in [-0.2, -0.15) is 0 Å². The van der Waals surface area contributed by atoms with Crippen LogP contribution in [0.25, 0.3) is 0 Å². The summed E-state index contributed by atoms with van der Waals surface area (Å²) in [6.45, 7) is 2.50. The molecule has 2 rings (SSSR count). The molecule has 9 nitrogen and oxygen atoms in total. The van der Waals surface area contributed by atoms with Crippen LogP contribution in [0.5, 0.6) is 0 Å². The lowest BCUT2D eigenvalue weighted by Crippen LogP contribution is -2.54. The van der Waals surface area contributed by atoms with Crippen molar-refractivity contribution in [1.29, 1.82) is 0 Å². The van der Waals surface area contributed by atoms with E-state index in [0.29, 0.717) is 19.4 Å². The zero-order chi connectivity index (χ0) is 18.8. The molecule has 0 aromatic carbocycles. The number of amides is 1. The molecule has 0 aliphatic heterocycles. The summed E-state index contributed by atoms with van der Waals surface area (Å²) < 4.78 is 30.1. The van der Waals surface area contributed by atoms with E-state index in [9.17, 15) is 18.0 Å². The summed E-state index contributed by atoms with van der Waals surface area (Å²) in [5.41, 5.74) is 0. The lowest BCUT2D eigenvalue weighted by atomic mass is 9.85. The molecule has 0 unspecified atom stereocenters. The summed E-state index contributed by atoms with van der Waals surface area (Å²) in [7, 11) is -0.965. The van der Waals surface area contributed by atoms with Gasteiger partial charge in [0, 0.05) is 26.2 Å². The molecule has 10 heteroatoms. The van der Waals surface area contributed by atoms with E-state index >= 15 is 0 Å². The van der Waals surface area contributed by atoms with Crippen molar-refractivity contribution in [1.82, 2.24) is 14.5 Å². The SMILES string of the molecule is CCN(CC(=O)O)C1CC(NC(=O)c2ccc(S(=O)(=O)N(C)C)o2)C1. The first kappa shape index (κ1) is 19.4. The van der Waals surface area contributed by atoms with Gasteiger partial charge in [0.2, 0.25) is 5.09 Å². The van der Waals surface area contributed by atoms with Gasteiger partial charge in [0.15, 0.2) is 5.76 Å². The predicted molar refractivity (Wildman–Crippen MR) is 88.7 cm³/mol. The zero-order valence-electron chi connectivity index (χ0n) is 14.4. The summed E-state index contributed by atoms with van der Waals surface area (Å²) in [5.74, 6) is -1.42. The van der Waals surface area contributed by atoms with E-state index in [-0.39, 0.29) is 29.5 Å². The third-order valence-electron chi connectivity index (χ3n) is 4.25. The van der Waals surface area contributed by atoms with E-state index in [0.717, 1.165) is 4.31 Å². The molecule has 1 saturated carbocycles. The number of hydrogen-bond acceptors (Lipinski definition) is 6. The minimum Gasteiger partial charge on any atom is -0.480 e. The van der Waals surface area contributed by atoms with Crippen LogP contribution in [0.1, 0.15) is 30.3 Å². The fourth-order valence-electron chi connectivity index (χ4n) is 2.69. The lowest BCUT2D eigenvalue weighted by molar-refractivity contribution is -0.139. The van der Waals surface area contributed by atoms with Crippen LogP contribution in [0, 0.1) is 0 Å². The van der Waals surface area contributed by atoms with Crippen molar-refractivity contribution in [2.45, 2.75) is 36.9 Å². The number of likely N-dealkylation sites (N-methyl/N-ethyl adjacent to an activating group) is 1. The van der Waals surface area contributed by atoms with Gasteiger partial charge in [-0.1, -0.05) is 6.92 Å². The predicted octanol–water partition coefficient (Wildman–Crippen LogP) is 0.197. The van der Waals surface area contributed by atoms with E-state index in [4.69, 9.17) is 9.52 Å². The smallest absolute Gasteiger partial charge is 0.317 e. The number of carbonyl (C=O) groups is 2. The Morgan fingerprint density at radius 1 is 1.32 bits per heavy atom. The zero-order valence-corrected chi connectivity index (χ0v) is 15.2. The maximum atomic E-state index is 12.2. The Morgan fingerprint density at radius 3 is 2.48 bits per heavy atom. The molecular weight excluding hydrogens is 350 g/mol. The fraction of sp³-hybridized carbons (Fsp3) is 0.600. The summed E-state index contributed by atoms with van der Waals surface area (Å²) in [6, 6.07) is 2.61. The van der Waals surface area contributed by atoms with Crippen LogP contribution >= 0.6 is 0 Å². The number of carbonyl (C=O) groups excluding carboxylic acids is 1. The number of hydrogen-bond donors (Lipinski definition) is 2. The average molecular weight is 373 g/mol. The van der Waals surface area contributed by atoms with Crippen molar-refractivity contribution in [3.05, 3.63) is 17.9 Å². The molecule has 0 radical (unpaired) electrons. The second-order valence-electron chi connectivity index (χ2n) is 6.16. The molecule has 0 atom stereocenters. The molecule has 1 aromatic heterocycles. The van der Waals surface area contributed by atoms with Crippen molar-refractivity contribution in [2.75, 3.05) is 27.2 Å². The molecule has 1 amide bonds. The number of carboxylic acids is 1. The van der Waals surface area contributed by atoms with Crippen LogP contribution in [0.15, 0.2) is 21.6 Å². The number of nitrogens with one attached hydrogen (secondary N) is 1. The average Bonchev–Trinajstić information content (AvgIpc) is 2.98. The highest BCUT2D eigenvalue weighted by molar-refractivity contribution is 7.88. The quantitative estimate of drug-likeness (QED) is 0.668. The number of furan rings is 1. The van der Waals surface area contributed by atoms with Crippen LogP contribution in [0.4, 0.5) is 0 Å². The van der Waals surface area contributed by atoms with E-state index in [1.807, 2.05) is 11.8 Å². The van der Waals surface area contributed by atoms with Crippen LogP contribution in [0.3, 0.4) is 0 Å². The molecule has 0 spiro atoms. The van der Waals surface area contributed by atoms with Crippen LogP contribution in [-0.2, 0) is 14.8 Å². The Hall–Kier alpha value is -1.91. The summed E-state index contributed by atoms with van der Waals surface area (Å²) in [6.07, 6.45) is 1.30. The first-order valence-electron chi connectivity index (χ1n) is 7.94. The second-order valence-corrected chi connectivity index (χ2v) is 8.24. The number of aliphatic carboxylic acids is 1. The number of nitrogens with zero attached hydrogens (tertiary/aromatic N) is 2. The van der Waals surface area contributed by atoms with Gasteiger partial charge in [0.1, 0.15) is 0 Å². The number of carboxylic acid groups (broad SMARTS) is 1. The van der Waals surface area contributed by atoms with E-state index in [2.05, 4.69) is 5.32 Å². The first-order chi connectivity index (χ1) is 11.6. The van der Waals surface area contributed by atoms with Crippen LogP contribution in [-0.4, -0.2) is 73.9 Å². The fourth-order valence-corrected chi connectivity index (χ4v) is 3.49. The Bertz CT molecular complexity index is 736. The highest BCUT2D eigenvalue weighted by atomic mass is 32.2. The van der Waals surface area contributed by atoms with Crippen molar-refractivity contribution >= 4 is 21.9 Å². The Morgan fingerprint density at radius 2 is 1.96 bits per heavy atom. The topological polar surface area (TPSA) is 120 Å². The molecule has 25 heavy (non-hydrogen) atoms. The van der Waals surface area contributed by atoms with Crippen molar-refractivity contribution in [3.63, 3.8) is 0 Å². The summed E-state index contributed by atoms with van der Waals surface area (Å²) in [5, 5.41) is 11.4. The third-order valence-corrected chi connectivity index (χ3v) is 5.94. The molecule has 140 valence electrons. The van der Waals surface area contributed by atoms with Gasteiger partial charge in [0.25, 0.3) is 15.9 Å². The van der Waals surface area contributed by atoms with Gasteiger partial charge >= 0.3 is 5.97 Å². The van der Waals surface area contributed by atoms with Crippen molar-refractivity contribution in [3.8, 4) is 0 Å². The molecule has 1 fully saturated rings. The number of sulfonamides is 1. The summed E-state index contributed by atoms with van der Waals surface area (Å²) in [4.78, 5) is 24.8. The second kappa shape index (κ2) is 7.54. The van der Waals surface area contributed by atoms with Crippen molar-refractivity contribution < 1.29 is 27.5 Å². The van der Waals surface area contributed by atoms with Gasteiger partial charge in [-0.15, -0.1) is 0 Å². The standard InChI is InChI=1S/C15H23N3O6S/c1-4-18(9-13(19)20)11-7-10(8-11)16-15(21)12-5-6-14(24-12)25(22,23)17(2)3/h5-6,10-11H,4,7-9H2,1-3H3,(H,16,21)(H,19,20). The Labute approximate surface area is 146 Å². The molecule has 2 N–H and O–H groups in total. The highest BCUT2D eigenvalue weighted by Gasteiger charge is 2.35. The van der Waals surface area contributed by atoms with E-state index in [1.165, 1.54) is 26.2 Å². The maximum Gasteiger partial charge on any atom is 0.317 e. The Balaban J connectivity index is 1.90. The molecular formula is C15H23N3O6S. The minimum atomic E-state index is -3.72. The van der Waals surface area contributed by atoms with Gasteiger partial charge in [-0.05, 0) is 31.5 Å². The summed E-state index contributed by atoms with van der Waals surface area (Å²) >= 11 is 0. The first-order valence-corrected chi connectivity index (χ1v) is 9.38. The highest BCUT2D eigenvalue weighted by Crippen LogP contribution is 2.26. The van der Waals surface area contributed by atoms with Gasteiger partial charge in [0.05, 0.1) is 6.54 Å². The molecule has 1 aromatic rings. The van der Waals surface area contributed by atoms with Gasteiger partial charge < -0.3 is 14.8 Å². The molecule has 0 saturated heterocycles. The maximum absolute atomic E-state index is 12.2. The number of rotatable bonds is 8. The molecule has 1 aliphatic carbocycles. The Kier molecular flexibility index (Phi) is 5.86. The third kappa shape index (κ3) is 4.39.